The van der Waals surface area contributed by atoms with E-state index in [0.29, 0.717) is 33.2 Å². The van der Waals surface area contributed by atoms with Gasteiger partial charge in [-0.15, -0.1) is 11.3 Å². The summed E-state index contributed by atoms with van der Waals surface area (Å²) in [6.07, 6.45) is 0. The number of aliphatic carboxylic acids is 1. The second kappa shape index (κ2) is 11.2. The van der Waals surface area contributed by atoms with Gasteiger partial charge in [0.15, 0.2) is 17.3 Å². The van der Waals surface area contributed by atoms with Crippen LogP contribution in [0.25, 0.3) is 0 Å². The molecule has 4 aromatic rings. The molecule has 3 aromatic carbocycles. The molecule has 1 aromatic heterocycles. The molecular formula is C34H32N2O6S. The van der Waals surface area contributed by atoms with Gasteiger partial charge in [-0.1, -0.05) is 75.4 Å². The van der Waals surface area contributed by atoms with E-state index in [4.69, 9.17) is 9.47 Å². The second-order valence-corrected chi connectivity index (χ2v) is 12.8. The van der Waals surface area contributed by atoms with Crippen LogP contribution in [-0.4, -0.2) is 40.6 Å². The van der Waals surface area contributed by atoms with Gasteiger partial charge in [0.2, 0.25) is 6.79 Å². The van der Waals surface area contributed by atoms with Crippen molar-refractivity contribution in [2.24, 2.45) is 5.92 Å². The number of rotatable bonds is 6. The van der Waals surface area contributed by atoms with Gasteiger partial charge in [0.1, 0.15) is 6.04 Å². The number of para-hydroxylation sites is 1. The van der Waals surface area contributed by atoms with E-state index in [1.54, 1.807) is 54.6 Å². The average molecular weight is 597 g/mol. The van der Waals surface area contributed by atoms with Crippen molar-refractivity contribution in [3.05, 3.63) is 112 Å². The number of anilines is 1. The molecule has 4 unspecified atom stereocenters. The number of thiophene rings is 1. The Kier molecular flexibility index (Phi) is 7.43. The fraction of sp³-hybridized carbons (Fsp3) is 0.265. The van der Waals surface area contributed by atoms with Gasteiger partial charge >= 0.3 is 12.0 Å². The van der Waals surface area contributed by atoms with Gasteiger partial charge in [-0.3, -0.25) is 4.79 Å². The molecule has 0 aliphatic carbocycles. The number of ether oxygens (including phenoxy) is 2. The first-order valence-corrected chi connectivity index (χ1v) is 15.0. The molecular weight excluding hydrogens is 564 g/mol. The molecule has 1 saturated heterocycles. The quantitative estimate of drug-likeness (QED) is 0.230. The van der Waals surface area contributed by atoms with Crippen molar-refractivity contribution < 1.29 is 29.0 Å². The number of likely N-dealkylation sites (tertiary alicyclic amines) is 1. The van der Waals surface area contributed by atoms with Crippen LogP contribution < -0.4 is 14.8 Å². The van der Waals surface area contributed by atoms with Gasteiger partial charge < -0.3 is 24.8 Å². The highest BCUT2D eigenvalue weighted by Gasteiger charge is 2.58. The van der Waals surface area contributed by atoms with Crippen molar-refractivity contribution >= 4 is 34.8 Å². The highest BCUT2D eigenvalue weighted by Crippen LogP contribution is 2.53. The van der Waals surface area contributed by atoms with Gasteiger partial charge in [0, 0.05) is 11.6 Å². The van der Waals surface area contributed by atoms with E-state index in [9.17, 15) is 19.5 Å². The SMILES string of the molecule is CC(C)(C)c1ccc(C2C(C(=O)c3cccs3)C(c3ccc4c(c3)OCO4)N(C(=O)Nc3ccccc3)C2C(=O)O)cc1. The van der Waals surface area contributed by atoms with Crippen LogP contribution in [0.1, 0.15) is 59.1 Å². The summed E-state index contributed by atoms with van der Waals surface area (Å²) < 4.78 is 11.2. The molecule has 3 heterocycles. The summed E-state index contributed by atoms with van der Waals surface area (Å²) in [5.41, 5.74) is 2.73. The summed E-state index contributed by atoms with van der Waals surface area (Å²) in [5, 5.41) is 15.5. The number of carbonyl (C=O) groups excluding carboxylic acids is 2. The Morgan fingerprint density at radius 3 is 2.23 bits per heavy atom. The summed E-state index contributed by atoms with van der Waals surface area (Å²) in [4.78, 5) is 43.6. The lowest BCUT2D eigenvalue weighted by Crippen LogP contribution is -2.45. The molecule has 0 radical (unpaired) electrons. The van der Waals surface area contributed by atoms with Gasteiger partial charge in [0.25, 0.3) is 0 Å². The van der Waals surface area contributed by atoms with Crippen molar-refractivity contribution in [3.8, 4) is 11.5 Å². The molecule has 2 N–H and O–H groups in total. The van der Waals surface area contributed by atoms with E-state index >= 15 is 0 Å². The first-order valence-electron chi connectivity index (χ1n) is 14.1. The zero-order chi connectivity index (χ0) is 30.3. The Labute approximate surface area is 253 Å². The van der Waals surface area contributed by atoms with Gasteiger partial charge in [-0.05, 0) is 57.8 Å². The average Bonchev–Trinajstić information content (AvgIpc) is 3.75. The number of nitrogens with one attached hydrogen (secondary N) is 1. The van der Waals surface area contributed by atoms with Crippen LogP contribution in [0.4, 0.5) is 10.5 Å². The predicted octanol–water partition coefficient (Wildman–Crippen LogP) is 7.10. The van der Waals surface area contributed by atoms with Crippen molar-refractivity contribution in [2.75, 3.05) is 12.1 Å². The van der Waals surface area contributed by atoms with Crippen LogP contribution in [-0.2, 0) is 10.2 Å². The Bertz CT molecular complexity index is 1650. The van der Waals surface area contributed by atoms with E-state index < -0.39 is 35.9 Å². The minimum atomic E-state index is -1.34. The van der Waals surface area contributed by atoms with Crippen molar-refractivity contribution in [1.29, 1.82) is 0 Å². The van der Waals surface area contributed by atoms with Crippen LogP contribution in [0.3, 0.4) is 0 Å². The van der Waals surface area contributed by atoms with E-state index in [2.05, 4.69) is 26.1 Å². The van der Waals surface area contributed by atoms with E-state index in [-0.39, 0.29) is 18.0 Å². The molecule has 220 valence electrons. The number of benzene rings is 3. The fourth-order valence-corrected chi connectivity index (χ4v) is 6.81. The van der Waals surface area contributed by atoms with Crippen molar-refractivity contribution in [3.63, 3.8) is 0 Å². The normalized spacial score (nSPS) is 21.0. The molecule has 1 fully saturated rings. The topological polar surface area (TPSA) is 105 Å². The molecule has 0 spiro atoms. The Morgan fingerprint density at radius 1 is 0.884 bits per heavy atom. The summed E-state index contributed by atoms with van der Waals surface area (Å²) in [7, 11) is 0. The molecule has 6 rings (SSSR count). The maximum Gasteiger partial charge on any atom is 0.327 e. The zero-order valence-corrected chi connectivity index (χ0v) is 24.8. The number of fused-ring (bicyclic) bond motifs is 1. The van der Waals surface area contributed by atoms with Crippen LogP contribution >= 0.6 is 11.3 Å². The number of hydrogen-bond acceptors (Lipinski definition) is 6. The standard InChI is InChI=1S/C34H32N2O6S/c1-34(2,3)22-14-11-20(12-15-22)27-28(31(37)26-10-7-17-43-26)29(21-13-16-24-25(18-21)42-19-41-24)36(30(27)32(38)39)33(40)35-23-8-5-4-6-9-23/h4-18,27-30H,19H2,1-3H3,(H,35,40)(H,38,39). The van der Waals surface area contributed by atoms with Crippen molar-refractivity contribution in [2.45, 2.75) is 44.2 Å². The Morgan fingerprint density at radius 2 is 1.58 bits per heavy atom. The largest absolute Gasteiger partial charge is 0.480 e. The molecule has 9 heteroatoms. The van der Waals surface area contributed by atoms with Crippen LogP contribution in [0, 0.1) is 5.92 Å². The fourth-order valence-electron chi connectivity index (χ4n) is 6.10. The lowest BCUT2D eigenvalue weighted by atomic mass is 9.76. The second-order valence-electron chi connectivity index (χ2n) is 11.8. The van der Waals surface area contributed by atoms with E-state index in [1.807, 2.05) is 35.7 Å². The number of amides is 2. The van der Waals surface area contributed by atoms with E-state index in [0.717, 1.165) is 5.56 Å². The minimum Gasteiger partial charge on any atom is -0.480 e. The maximum atomic E-state index is 14.4. The molecule has 8 nitrogen and oxygen atoms in total. The molecule has 43 heavy (non-hydrogen) atoms. The minimum absolute atomic E-state index is 0.0553. The predicted molar refractivity (Wildman–Crippen MR) is 164 cm³/mol. The number of hydrogen-bond donors (Lipinski definition) is 2. The maximum absolute atomic E-state index is 14.4. The summed E-state index contributed by atoms with van der Waals surface area (Å²) >= 11 is 1.30. The number of ketones is 1. The smallest absolute Gasteiger partial charge is 0.327 e. The lowest BCUT2D eigenvalue weighted by Gasteiger charge is -2.30. The number of urea groups is 1. The van der Waals surface area contributed by atoms with Gasteiger partial charge in [0.05, 0.1) is 16.8 Å². The first-order chi connectivity index (χ1) is 20.6. The monoisotopic (exact) mass is 596 g/mol. The van der Waals surface area contributed by atoms with E-state index in [1.165, 1.54) is 16.2 Å². The summed E-state index contributed by atoms with van der Waals surface area (Å²) in [6, 6.07) is 22.5. The molecule has 2 aliphatic rings. The molecule has 0 saturated carbocycles. The Hall–Kier alpha value is -4.63. The third kappa shape index (κ3) is 5.36. The summed E-state index contributed by atoms with van der Waals surface area (Å²) in [6.45, 7) is 6.37. The van der Waals surface area contributed by atoms with Gasteiger partial charge in [-0.2, -0.15) is 0 Å². The van der Waals surface area contributed by atoms with Gasteiger partial charge in [-0.25, -0.2) is 9.59 Å². The highest BCUT2D eigenvalue weighted by molar-refractivity contribution is 7.12. The summed E-state index contributed by atoms with van der Waals surface area (Å²) in [5.74, 6) is -2.12. The molecule has 2 amide bonds. The number of carboxylic acids is 1. The van der Waals surface area contributed by atoms with Crippen LogP contribution in [0.5, 0.6) is 11.5 Å². The number of carbonyl (C=O) groups is 3. The highest BCUT2D eigenvalue weighted by atomic mass is 32.1. The molecule has 4 atom stereocenters. The van der Waals surface area contributed by atoms with Crippen LogP contribution in [0.2, 0.25) is 0 Å². The zero-order valence-electron chi connectivity index (χ0n) is 24.0. The molecule has 0 bridgehead atoms. The first kappa shape index (κ1) is 28.5. The molecule has 2 aliphatic heterocycles. The third-order valence-electron chi connectivity index (χ3n) is 8.15. The van der Waals surface area contributed by atoms with Crippen molar-refractivity contribution in [1.82, 2.24) is 4.90 Å². The number of Topliss-reactive ketones (excluding diaryl/α,β-unsaturated/α-hetero) is 1. The Balaban J connectivity index is 1.55. The lowest BCUT2D eigenvalue weighted by molar-refractivity contribution is -0.142. The van der Waals surface area contributed by atoms with Crippen LogP contribution in [0.15, 0.2) is 90.3 Å². The number of carboxylic acid groups (broad SMARTS) is 1. The number of nitrogens with zero attached hydrogens (tertiary/aromatic N) is 1. The third-order valence-corrected chi connectivity index (χ3v) is 9.03.